The number of esters is 2. The predicted octanol–water partition coefficient (Wildman–Crippen LogP) is 0.626. The second kappa shape index (κ2) is 3.90. The summed E-state index contributed by atoms with van der Waals surface area (Å²) in [5.41, 5.74) is 0. The van der Waals surface area contributed by atoms with Crippen LogP contribution < -0.4 is 0 Å². The van der Waals surface area contributed by atoms with E-state index in [1.165, 1.54) is 6.26 Å². The maximum Gasteiger partial charge on any atom is 0.318 e. The fourth-order valence-electron chi connectivity index (χ4n) is 0.918. The van der Waals surface area contributed by atoms with Crippen LogP contribution in [0.4, 0.5) is 0 Å². The normalized spacial score (nSPS) is 20.8. The Morgan fingerprint density at radius 1 is 1.75 bits per heavy atom. The highest BCUT2D eigenvalue weighted by molar-refractivity contribution is 5.83. The van der Waals surface area contributed by atoms with Crippen LogP contribution in [0.2, 0.25) is 0 Å². The van der Waals surface area contributed by atoms with E-state index in [1.54, 1.807) is 13.0 Å². The molecule has 66 valence electrons. The Bertz CT molecular complexity index is 219. The molecule has 0 aromatic heterocycles. The number of rotatable bonds is 3. The lowest BCUT2D eigenvalue weighted by Crippen LogP contribution is -2.15. The quantitative estimate of drug-likeness (QED) is 0.583. The zero-order valence-corrected chi connectivity index (χ0v) is 6.78. The highest BCUT2D eigenvalue weighted by Gasteiger charge is 2.24. The Morgan fingerprint density at radius 3 is 3.00 bits per heavy atom. The third-order valence-electron chi connectivity index (χ3n) is 1.49. The third kappa shape index (κ3) is 2.08. The van der Waals surface area contributed by atoms with E-state index >= 15 is 0 Å². The van der Waals surface area contributed by atoms with Crippen LogP contribution in [0.1, 0.15) is 13.3 Å². The average molecular weight is 170 g/mol. The molecule has 0 amide bonds. The van der Waals surface area contributed by atoms with Crippen molar-refractivity contribution in [3.05, 3.63) is 12.3 Å². The van der Waals surface area contributed by atoms with Gasteiger partial charge < -0.3 is 9.47 Å². The molecular formula is C8H10O4. The topological polar surface area (TPSA) is 52.6 Å². The second-order valence-electron chi connectivity index (χ2n) is 2.38. The van der Waals surface area contributed by atoms with Gasteiger partial charge in [0.2, 0.25) is 0 Å². The predicted molar refractivity (Wildman–Crippen MR) is 40.0 cm³/mol. The minimum Gasteiger partial charge on any atom is -0.466 e. The maximum atomic E-state index is 10.9. The number of cyclic esters (lactones) is 1. The van der Waals surface area contributed by atoms with Gasteiger partial charge in [-0.2, -0.15) is 0 Å². The van der Waals surface area contributed by atoms with Crippen LogP contribution in [-0.2, 0) is 19.1 Å². The van der Waals surface area contributed by atoms with E-state index in [4.69, 9.17) is 0 Å². The first-order valence-corrected chi connectivity index (χ1v) is 3.77. The number of carbonyl (C=O) groups excluding carboxylic acids is 2. The van der Waals surface area contributed by atoms with Gasteiger partial charge in [-0.1, -0.05) is 0 Å². The van der Waals surface area contributed by atoms with Gasteiger partial charge in [0.05, 0.1) is 25.2 Å². The average Bonchev–Trinajstić information content (AvgIpc) is 2.37. The van der Waals surface area contributed by atoms with E-state index in [0.29, 0.717) is 6.61 Å². The van der Waals surface area contributed by atoms with Crippen molar-refractivity contribution in [3.8, 4) is 0 Å². The Kier molecular flexibility index (Phi) is 2.85. The molecule has 1 rings (SSSR count). The van der Waals surface area contributed by atoms with Crippen molar-refractivity contribution in [3.63, 3.8) is 0 Å². The Hall–Kier alpha value is -1.32. The van der Waals surface area contributed by atoms with Gasteiger partial charge in [0.15, 0.2) is 0 Å². The summed E-state index contributed by atoms with van der Waals surface area (Å²) in [7, 11) is 0. The zero-order valence-electron chi connectivity index (χ0n) is 6.78. The van der Waals surface area contributed by atoms with Crippen LogP contribution in [0.5, 0.6) is 0 Å². The van der Waals surface area contributed by atoms with E-state index in [0.717, 1.165) is 0 Å². The van der Waals surface area contributed by atoms with Gasteiger partial charge in [-0.3, -0.25) is 9.59 Å². The van der Waals surface area contributed by atoms with Crippen molar-refractivity contribution in [2.75, 3.05) is 6.61 Å². The summed E-state index contributed by atoms with van der Waals surface area (Å²) in [6, 6.07) is 0. The molecule has 0 radical (unpaired) electrons. The van der Waals surface area contributed by atoms with Gasteiger partial charge >= 0.3 is 11.9 Å². The Balaban J connectivity index is 2.35. The standard InChI is InChI=1S/C8H10O4/c1-2-11-7(9)5-6-3-4-12-8(6)10/h3-4,6H,2,5H2,1H3. The van der Waals surface area contributed by atoms with Crippen LogP contribution >= 0.6 is 0 Å². The summed E-state index contributed by atoms with van der Waals surface area (Å²) >= 11 is 0. The molecule has 0 N–H and O–H groups in total. The number of hydrogen-bond donors (Lipinski definition) is 0. The lowest BCUT2D eigenvalue weighted by atomic mass is 10.1. The summed E-state index contributed by atoms with van der Waals surface area (Å²) < 4.78 is 9.19. The SMILES string of the molecule is CCOC(=O)CC1C=COC1=O. The molecule has 1 atom stereocenters. The second-order valence-corrected chi connectivity index (χ2v) is 2.38. The van der Waals surface area contributed by atoms with Crippen LogP contribution in [0.25, 0.3) is 0 Å². The molecule has 0 aromatic rings. The van der Waals surface area contributed by atoms with Crippen LogP contribution in [-0.4, -0.2) is 18.5 Å². The molecule has 0 aliphatic carbocycles. The van der Waals surface area contributed by atoms with Crippen molar-refractivity contribution in [2.24, 2.45) is 5.92 Å². The molecule has 1 unspecified atom stereocenters. The molecule has 1 heterocycles. The number of hydrogen-bond acceptors (Lipinski definition) is 4. The van der Waals surface area contributed by atoms with Crippen LogP contribution in [0.3, 0.4) is 0 Å². The molecule has 0 saturated heterocycles. The van der Waals surface area contributed by atoms with Crippen molar-refractivity contribution in [1.82, 2.24) is 0 Å². The molecule has 0 saturated carbocycles. The van der Waals surface area contributed by atoms with E-state index in [9.17, 15) is 9.59 Å². The first kappa shape index (κ1) is 8.77. The third-order valence-corrected chi connectivity index (χ3v) is 1.49. The highest BCUT2D eigenvalue weighted by Crippen LogP contribution is 2.14. The van der Waals surface area contributed by atoms with Crippen LogP contribution in [0.15, 0.2) is 12.3 Å². The summed E-state index contributed by atoms with van der Waals surface area (Å²) in [5.74, 6) is -1.21. The first-order valence-electron chi connectivity index (χ1n) is 3.77. The minimum absolute atomic E-state index is 0.0726. The van der Waals surface area contributed by atoms with Gasteiger partial charge in [-0.25, -0.2) is 0 Å². The Morgan fingerprint density at radius 2 is 2.50 bits per heavy atom. The maximum absolute atomic E-state index is 10.9. The summed E-state index contributed by atoms with van der Waals surface area (Å²) in [6.07, 6.45) is 2.93. The molecule has 0 fully saturated rings. The Labute approximate surface area is 70.1 Å². The van der Waals surface area contributed by atoms with E-state index in [2.05, 4.69) is 9.47 Å². The highest BCUT2D eigenvalue weighted by atomic mass is 16.5. The number of ether oxygens (including phenoxy) is 2. The van der Waals surface area contributed by atoms with E-state index in [1.807, 2.05) is 0 Å². The molecule has 0 bridgehead atoms. The van der Waals surface area contributed by atoms with Crippen molar-refractivity contribution < 1.29 is 19.1 Å². The molecule has 1 aliphatic heterocycles. The lowest BCUT2D eigenvalue weighted by molar-refractivity contribution is -0.148. The fourth-order valence-corrected chi connectivity index (χ4v) is 0.918. The largest absolute Gasteiger partial charge is 0.466 e. The lowest BCUT2D eigenvalue weighted by Gasteiger charge is -2.03. The van der Waals surface area contributed by atoms with Gasteiger partial charge in [0.1, 0.15) is 0 Å². The van der Waals surface area contributed by atoms with Gasteiger partial charge in [-0.05, 0) is 13.0 Å². The molecule has 4 heteroatoms. The van der Waals surface area contributed by atoms with Crippen molar-refractivity contribution in [1.29, 1.82) is 0 Å². The fraction of sp³-hybridized carbons (Fsp3) is 0.500. The van der Waals surface area contributed by atoms with Crippen LogP contribution in [0, 0.1) is 5.92 Å². The molecule has 0 spiro atoms. The molecular weight excluding hydrogens is 160 g/mol. The van der Waals surface area contributed by atoms with Gasteiger partial charge in [0.25, 0.3) is 0 Å². The number of carbonyl (C=O) groups is 2. The van der Waals surface area contributed by atoms with Crippen molar-refractivity contribution in [2.45, 2.75) is 13.3 Å². The smallest absolute Gasteiger partial charge is 0.318 e. The molecule has 4 nitrogen and oxygen atoms in total. The molecule has 1 aliphatic rings. The van der Waals surface area contributed by atoms with E-state index < -0.39 is 5.92 Å². The summed E-state index contributed by atoms with van der Waals surface area (Å²) in [5, 5.41) is 0. The van der Waals surface area contributed by atoms with E-state index in [-0.39, 0.29) is 18.4 Å². The van der Waals surface area contributed by atoms with Gasteiger partial charge in [0, 0.05) is 0 Å². The molecule has 12 heavy (non-hydrogen) atoms. The monoisotopic (exact) mass is 170 g/mol. The zero-order chi connectivity index (χ0) is 8.97. The van der Waals surface area contributed by atoms with Crippen molar-refractivity contribution >= 4 is 11.9 Å². The molecule has 0 aromatic carbocycles. The summed E-state index contributed by atoms with van der Waals surface area (Å²) in [6.45, 7) is 2.06. The van der Waals surface area contributed by atoms with Gasteiger partial charge in [-0.15, -0.1) is 0 Å². The summed E-state index contributed by atoms with van der Waals surface area (Å²) in [4.78, 5) is 21.7. The minimum atomic E-state index is -0.455. The first-order chi connectivity index (χ1) is 5.74.